The van der Waals surface area contributed by atoms with Crippen molar-refractivity contribution in [2.24, 2.45) is 5.92 Å². The van der Waals surface area contributed by atoms with Gasteiger partial charge in [0.1, 0.15) is 11.4 Å². The van der Waals surface area contributed by atoms with Crippen LogP contribution in [-0.4, -0.2) is 17.8 Å². The third-order valence-electron chi connectivity index (χ3n) is 3.01. The summed E-state index contributed by atoms with van der Waals surface area (Å²) in [6, 6.07) is 7.52. The van der Waals surface area contributed by atoms with Crippen molar-refractivity contribution in [3.8, 4) is 17.6 Å². The predicted molar refractivity (Wildman–Crippen MR) is 74.6 cm³/mol. The van der Waals surface area contributed by atoms with Gasteiger partial charge in [0.25, 0.3) is 0 Å². The lowest BCUT2D eigenvalue weighted by molar-refractivity contribution is 0.0939. The monoisotopic (exact) mass is 246 g/mol. The van der Waals surface area contributed by atoms with Crippen molar-refractivity contribution in [3.05, 3.63) is 29.8 Å². The molecule has 1 rings (SSSR count). The van der Waals surface area contributed by atoms with Gasteiger partial charge in [-0.2, -0.15) is 0 Å². The first-order valence-corrected chi connectivity index (χ1v) is 6.36. The van der Waals surface area contributed by atoms with E-state index in [2.05, 4.69) is 25.7 Å². The van der Waals surface area contributed by atoms with Crippen LogP contribution < -0.4 is 4.74 Å². The first kappa shape index (κ1) is 14.6. The molecule has 0 spiro atoms. The summed E-state index contributed by atoms with van der Waals surface area (Å²) in [5.74, 6) is 7.24. The average molecular weight is 246 g/mol. The van der Waals surface area contributed by atoms with E-state index in [-0.39, 0.29) is 0 Å². The lowest BCUT2D eigenvalue weighted by Crippen LogP contribution is -2.24. The summed E-state index contributed by atoms with van der Waals surface area (Å²) >= 11 is 0. The van der Waals surface area contributed by atoms with Gasteiger partial charge < -0.3 is 9.84 Å². The molecular weight excluding hydrogens is 224 g/mol. The summed E-state index contributed by atoms with van der Waals surface area (Å²) in [6.45, 7) is 6.02. The molecule has 2 nitrogen and oxygen atoms in total. The second-order valence-electron chi connectivity index (χ2n) is 4.97. The first-order chi connectivity index (χ1) is 8.46. The summed E-state index contributed by atoms with van der Waals surface area (Å²) in [4.78, 5) is 0. The van der Waals surface area contributed by atoms with Gasteiger partial charge in [0.15, 0.2) is 0 Å². The van der Waals surface area contributed by atoms with Gasteiger partial charge in [0, 0.05) is 5.56 Å². The molecule has 2 unspecified atom stereocenters. The van der Waals surface area contributed by atoms with Gasteiger partial charge in [-0.25, -0.2) is 0 Å². The normalized spacial score (nSPS) is 15.2. The quantitative estimate of drug-likeness (QED) is 0.826. The Bertz CT molecular complexity index is 421. The Morgan fingerprint density at radius 2 is 1.94 bits per heavy atom. The largest absolute Gasteiger partial charge is 0.497 e. The van der Waals surface area contributed by atoms with Crippen LogP contribution in [0.15, 0.2) is 24.3 Å². The van der Waals surface area contributed by atoms with Crippen molar-refractivity contribution in [3.63, 3.8) is 0 Å². The maximum absolute atomic E-state index is 10.2. The van der Waals surface area contributed by atoms with E-state index in [0.717, 1.165) is 17.7 Å². The molecule has 0 aromatic heterocycles. The van der Waals surface area contributed by atoms with Crippen molar-refractivity contribution in [2.75, 3.05) is 7.11 Å². The zero-order chi connectivity index (χ0) is 13.6. The third kappa shape index (κ3) is 4.81. The topological polar surface area (TPSA) is 29.5 Å². The number of rotatable bonds is 4. The molecule has 2 heteroatoms. The Balaban J connectivity index is 2.73. The van der Waals surface area contributed by atoms with Crippen LogP contribution in [0.2, 0.25) is 0 Å². The molecule has 0 saturated carbocycles. The Labute approximate surface area is 110 Å². The molecule has 0 radical (unpaired) electrons. The van der Waals surface area contributed by atoms with Crippen LogP contribution in [0.25, 0.3) is 0 Å². The molecule has 0 amide bonds. The zero-order valence-corrected chi connectivity index (χ0v) is 11.7. The van der Waals surface area contributed by atoms with E-state index in [1.165, 1.54) is 0 Å². The predicted octanol–water partition coefficient (Wildman–Crippen LogP) is 3.23. The maximum Gasteiger partial charge on any atom is 0.123 e. The molecule has 1 aromatic rings. The van der Waals surface area contributed by atoms with E-state index in [1.807, 2.05) is 24.3 Å². The van der Waals surface area contributed by atoms with E-state index in [4.69, 9.17) is 4.74 Å². The van der Waals surface area contributed by atoms with Crippen LogP contribution in [0, 0.1) is 17.8 Å². The maximum atomic E-state index is 10.2. The number of benzene rings is 1. The number of ether oxygens (including phenoxy) is 1. The lowest BCUT2D eigenvalue weighted by atomic mass is 9.92. The van der Waals surface area contributed by atoms with Crippen molar-refractivity contribution >= 4 is 0 Å². The highest BCUT2D eigenvalue weighted by Crippen LogP contribution is 2.18. The summed E-state index contributed by atoms with van der Waals surface area (Å²) in [5, 5.41) is 10.2. The Hall–Kier alpha value is -1.46. The van der Waals surface area contributed by atoms with E-state index in [9.17, 15) is 5.11 Å². The highest BCUT2D eigenvalue weighted by Gasteiger charge is 2.19. The van der Waals surface area contributed by atoms with Gasteiger partial charge >= 0.3 is 0 Å². The molecule has 1 N–H and O–H groups in total. The second-order valence-corrected chi connectivity index (χ2v) is 4.97. The SMILES string of the molecule is CCC(C)CC(C)(O)C#Cc1ccc(OC)cc1. The molecule has 0 aliphatic rings. The second kappa shape index (κ2) is 6.47. The highest BCUT2D eigenvalue weighted by atomic mass is 16.5. The number of aliphatic hydroxyl groups is 1. The molecule has 2 atom stereocenters. The molecule has 1 aromatic carbocycles. The van der Waals surface area contributed by atoms with Gasteiger partial charge in [-0.1, -0.05) is 32.1 Å². The number of methoxy groups -OCH3 is 1. The summed E-state index contributed by atoms with van der Waals surface area (Å²) in [7, 11) is 1.64. The standard InChI is InChI=1S/C16H22O2/c1-5-13(2)12-16(3,17)11-10-14-6-8-15(18-4)9-7-14/h6-9,13,17H,5,12H2,1-4H3. The number of hydrogen-bond donors (Lipinski definition) is 1. The zero-order valence-electron chi connectivity index (χ0n) is 11.7. The number of hydrogen-bond acceptors (Lipinski definition) is 2. The molecule has 0 saturated heterocycles. The molecule has 0 heterocycles. The average Bonchev–Trinajstić information content (AvgIpc) is 2.36. The molecule has 0 fully saturated rings. The van der Waals surface area contributed by atoms with Crippen LogP contribution in [0.3, 0.4) is 0 Å². The minimum Gasteiger partial charge on any atom is -0.497 e. The molecular formula is C16H22O2. The van der Waals surface area contributed by atoms with Gasteiger partial charge in [0.05, 0.1) is 7.11 Å². The van der Waals surface area contributed by atoms with E-state index < -0.39 is 5.60 Å². The van der Waals surface area contributed by atoms with Crippen LogP contribution in [0.4, 0.5) is 0 Å². The van der Waals surface area contributed by atoms with E-state index >= 15 is 0 Å². The summed E-state index contributed by atoms with van der Waals surface area (Å²) in [5.41, 5.74) is -0.0322. The summed E-state index contributed by atoms with van der Waals surface area (Å²) < 4.78 is 5.08. The Morgan fingerprint density at radius 3 is 2.44 bits per heavy atom. The summed E-state index contributed by atoms with van der Waals surface area (Å²) in [6.07, 6.45) is 1.76. The van der Waals surface area contributed by atoms with Crippen molar-refractivity contribution < 1.29 is 9.84 Å². The fraction of sp³-hybridized carbons (Fsp3) is 0.500. The molecule has 0 aliphatic heterocycles. The third-order valence-corrected chi connectivity index (χ3v) is 3.01. The van der Waals surface area contributed by atoms with Crippen molar-refractivity contribution in [1.82, 2.24) is 0 Å². The Morgan fingerprint density at radius 1 is 1.33 bits per heavy atom. The molecule has 98 valence electrons. The fourth-order valence-electron chi connectivity index (χ4n) is 1.76. The van der Waals surface area contributed by atoms with Crippen molar-refractivity contribution in [1.29, 1.82) is 0 Å². The van der Waals surface area contributed by atoms with Gasteiger partial charge in [0.2, 0.25) is 0 Å². The van der Waals surface area contributed by atoms with Gasteiger partial charge in [-0.3, -0.25) is 0 Å². The molecule has 0 bridgehead atoms. The van der Waals surface area contributed by atoms with E-state index in [1.54, 1.807) is 14.0 Å². The minimum absolute atomic E-state index is 0.477. The molecule has 18 heavy (non-hydrogen) atoms. The Kier molecular flexibility index (Phi) is 5.25. The van der Waals surface area contributed by atoms with Gasteiger partial charge in [-0.05, 0) is 43.5 Å². The highest BCUT2D eigenvalue weighted by molar-refractivity contribution is 5.39. The van der Waals surface area contributed by atoms with Crippen LogP contribution >= 0.6 is 0 Å². The van der Waals surface area contributed by atoms with Gasteiger partial charge in [-0.15, -0.1) is 0 Å². The fourth-order valence-corrected chi connectivity index (χ4v) is 1.76. The van der Waals surface area contributed by atoms with Crippen LogP contribution in [0.1, 0.15) is 39.2 Å². The smallest absolute Gasteiger partial charge is 0.123 e. The van der Waals surface area contributed by atoms with Crippen LogP contribution in [0.5, 0.6) is 5.75 Å². The minimum atomic E-state index is -0.921. The van der Waals surface area contributed by atoms with E-state index in [0.29, 0.717) is 12.3 Å². The lowest BCUT2D eigenvalue weighted by Gasteiger charge is -2.20. The molecule has 0 aliphatic carbocycles. The van der Waals surface area contributed by atoms with Crippen molar-refractivity contribution in [2.45, 2.75) is 39.2 Å². The van der Waals surface area contributed by atoms with Crippen LogP contribution in [-0.2, 0) is 0 Å². The first-order valence-electron chi connectivity index (χ1n) is 6.36.